The minimum atomic E-state index is -3.47. The summed E-state index contributed by atoms with van der Waals surface area (Å²) in [6, 6.07) is 7.32. The Kier molecular flexibility index (Phi) is 3.30. The number of anilines is 1. The number of nitrogen functional groups attached to an aromatic ring is 1. The lowest BCUT2D eigenvalue weighted by Crippen LogP contribution is -2.02. The van der Waals surface area contributed by atoms with Crippen molar-refractivity contribution in [3.63, 3.8) is 0 Å². The Balaban J connectivity index is 2.48. The Bertz CT molecular complexity index is 713. The van der Waals surface area contributed by atoms with Gasteiger partial charge >= 0.3 is 0 Å². The van der Waals surface area contributed by atoms with Crippen molar-refractivity contribution in [3.05, 3.63) is 36.5 Å². The fourth-order valence-corrected chi connectivity index (χ4v) is 2.20. The maximum absolute atomic E-state index is 11.6. The molecule has 2 aromatic rings. The smallest absolute Gasteiger partial charge is 0.238 e. The van der Waals surface area contributed by atoms with Crippen LogP contribution in [0.1, 0.15) is 0 Å². The Labute approximate surface area is 110 Å². The average molecular weight is 280 g/mol. The van der Waals surface area contributed by atoms with E-state index in [4.69, 9.17) is 10.5 Å². The molecule has 100 valence electrons. The summed E-state index contributed by atoms with van der Waals surface area (Å²) in [5.74, 6) is -0.0831. The maximum Gasteiger partial charge on any atom is 0.238 e. The predicted octanol–water partition coefficient (Wildman–Crippen LogP) is 1.57. The molecule has 0 bridgehead atoms. The number of nitrogens with zero attached hydrogens (tertiary/aromatic N) is 1. The molecule has 2 rings (SSSR count). The van der Waals surface area contributed by atoms with Crippen molar-refractivity contribution in [2.24, 2.45) is 0 Å². The van der Waals surface area contributed by atoms with E-state index in [-0.39, 0.29) is 28.0 Å². The first-order valence-corrected chi connectivity index (χ1v) is 7.19. The number of aromatic nitrogens is 1. The van der Waals surface area contributed by atoms with E-state index in [0.29, 0.717) is 0 Å². The molecule has 0 aliphatic heterocycles. The summed E-state index contributed by atoms with van der Waals surface area (Å²) in [5, 5.41) is 9.46. The van der Waals surface area contributed by atoms with Gasteiger partial charge in [-0.15, -0.1) is 0 Å². The number of sulfone groups is 1. The van der Waals surface area contributed by atoms with Gasteiger partial charge in [0.2, 0.25) is 5.88 Å². The minimum absolute atomic E-state index is 0.0209. The van der Waals surface area contributed by atoms with Gasteiger partial charge in [0, 0.05) is 12.5 Å². The van der Waals surface area contributed by atoms with Crippen LogP contribution in [0.4, 0.5) is 5.69 Å². The van der Waals surface area contributed by atoms with Crippen LogP contribution < -0.4 is 10.5 Å². The molecule has 0 saturated carbocycles. The lowest BCUT2D eigenvalue weighted by Gasteiger charge is -2.10. The summed E-state index contributed by atoms with van der Waals surface area (Å²) in [4.78, 5) is 3.83. The largest absolute Gasteiger partial charge is 0.506 e. The van der Waals surface area contributed by atoms with Crippen molar-refractivity contribution < 1.29 is 18.3 Å². The predicted molar refractivity (Wildman–Crippen MR) is 69.9 cm³/mol. The zero-order valence-corrected chi connectivity index (χ0v) is 10.9. The van der Waals surface area contributed by atoms with E-state index in [1.807, 2.05) is 0 Å². The number of phenolic OH excluding ortho intramolecular Hbond substituents is 1. The van der Waals surface area contributed by atoms with Crippen molar-refractivity contribution in [1.82, 2.24) is 4.98 Å². The molecular formula is C12H12N2O4S. The standard InChI is InChI=1S/C12H12N2O4S/c1-19(16,17)10-6-3-7-14-12(10)18-9-5-2-4-8(15)11(9)13/h2-7,15H,13H2,1H3. The summed E-state index contributed by atoms with van der Waals surface area (Å²) < 4.78 is 28.6. The van der Waals surface area contributed by atoms with Crippen LogP contribution in [0, 0.1) is 0 Å². The number of pyridine rings is 1. The maximum atomic E-state index is 11.6. The number of hydrogen-bond donors (Lipinski definition) is 2. The first kappa shape index (κ1) is 13.2. The van der Waals surface area contributed by atoms with Crippen LogP contribution in [0.3, 0.4) is 0 Å². The third-order valence-corrected chi connectivity index (χ3v) is 3.50. The molecule has 0 spiro atoms. The van der Waals surface area contributed by atoms with Crippen LogP contribution in [0.15, 0.2) is 41.4 Å². The number of phenols is 1. The van der Waals surface area contributed by atoms with Gasteiger partial charge < -0.3 is 15.6 Å². The van der Waals surface area contributed by atoms with Gasteiger partial charge in [0.25, 0.3) is 0 Å². The van der Waals surface area contributed by atoms with Gasteiger partial charge in [0.05, 0.1) is 0 Å². The first-order valence-electron chi connectivity index (χ1n) is 5.30. The fourth-order valence-electron chi connectivity index (χ4n) is 1.46. The molecule has 1 aromatic heterocycles. The highest BCUT2D eigenvalue weighted by atomic mass is 32.2. The molecule has 1 heterocycles. The van der Waals surface area contributed by atoms with Crippen molar-refractivity contribution in [2.45, 2.75) is 4.90 Å². The topological polar surface area (TPSA) is 103 Å². The van der Waals surface area contributed by atoms with Gasteiger partial charge in [-0.2, -0.15) is 0 Å². The number of nitrogens with two attached hydrogens (primary N) is 1. The zero-order chi connectivity index (χ0) is 14.0. The van der Waals surface area contributed by atoms with Crippen LogP contribution in [-0.2, 0) is 9.84 Å². The quantitative estimate of drug-likeness (QED) is 0.653. The van der Waals surface area contributed by atoms with Crippen LogP contribution in [-0.4, -0.2) is 24.8 Å². The molecule has 7 heteroatoms. The molecule has 0 radical (unpaired) electrons. The third kappa shape index (κ3) is 2.76. The normalized spacial score (nSPS) is 11.2. The van der Waals surface area contributed by atoms with Crippen molar-refractivity contribution in [3.8, 4) is 17.4 Å². The number of benzene rings is 1. The molecule has 0 aliphatic rings. The highest BCUT2D eigenvalue weighted by molar-refractivity contribution is 7.90. The Morgan fingerprint density at radius 1 is 1.26 bits per heavy atom. The molecule has 0 amide bonds. The van der Waals surface area contributed by atoms with E-state index in [1.165, 1.54) is 36.5 Å². The molecule has 19 heavy (non-hydrogen) atoms. The molecule has 0 fully saturated rings. The Morgan fingerprint density at radius 3 is 2.68 bits per heavy atom. The summed E-state index contributed by atoms with van der Waals surface area (Å²) in [5.41, 5.74) is 5.66. The molecule has 0 atom stereocenters. The minimum Gasteiger partial charge on any atom is -0.506 e. The van der Waals surface area contributed by atoms with Crippen LogP contribution in [0.2, 0.25) is 0 Å². The second-order valence-corrected chi connectivity index (χ2v) is 5.85. The summed E-state index contributed by atoms with van der Waals surface area (Å²) in [6.07, 6.45) is 2.46. The van der Waals surface area contributed by atoms with Crippen molar-refractivity contribution in [1.29, 1.82) is 0 Å². The monoisotopic (exact) mass is 280 g/mol. The Hall–Kier alpha value is -2.28. The lowest BCUT2D eigenvalue weighted by molar-refractivity contribution is 0.439. The van der Waals surface area contributed by atoms with Gasteiger partial charge in [-0.05, 0) is 24.3 Å². The number of rotatable bonds is 3. The van der Waals surface area contributed by atoms with E-state index in [1.54, 1.807) is 0 Å². The molecular weight excluding hydrogens is 268 g/mol. The van der Waals surface area contributed by atoms with Gasteiger partial charge in [-0.25, -0.2) is 13.4 Å². The fraction of sp³-hybridized carbons (Fsp3) is 0.0833. The average Bonchev–Trinajstić information content (AvgIpc) is 2.34. The van der Waals surface area contributed by atoms with Gasteiger partial charge in [0.15, 0.2) is 15.6 Å². The van der Waals surface area contributed by atoms with Gasteiger partial charge in [0.1, 0.15) is 16.3 Å². The van der Waals surface area contributed by atoms with Crippen LogP contribution in [0.5, 0.6) is 17.4 Å². The van der Waals surface area contributed by atoms with Gasteiger partial charge in [-0.3, -0.25) is 0 Å². The van der Waals surface area contributed by atoms with E-state index in [2.05, 4.69) is 4.98 Å². The number of hydrogen-bond acceptors (Lipinski definition) is 6. The van der Waals surface area contributed by atoms with E-state index in [9.17, 15) is 13.5 Å². The van der Waals surface area contributed by atoms with E-state index in [0.717, 1.165) is 6.26 Å². The van der Waals surface area contributed by atoms with Crippen LogP contribution >= 0.6 is 0 Å². The first-order chi connectivity index (χ1) is 8.89. The third-order valence-electron chi connectivity index (χ3n) is 2.39. The molecule has 0 aliphatic carbocycles. The summed E-state index contributed by atoms with van der Waals surface area (Å²) >= 11 is 0. The van der Waals surface area contributed by atoms with Gasteiger partial charge in [-0.1, -0.05) is 6.07 Å². The molecule has 6 nitrogen and oxygen atoms in total. The van der Waals surface area contributed by atoms with Crippen molar-refractivity contribution in [2.75, 3.05) is 12.0 Å². The zero-order valence-electron chi connectivity index (χ0n) is 10.1. The highest BCUT2D eigenvalue weighted by Crippen LogP contribution is 2.34. The van der Waals surface area contributed by atoms with Crippen LogP contribution in [0.25, 0.3) is 0 Å². The number of ether oxygens (including phenoxy) is 1. The molecule has 1 aromatic carbocycles. The SMILES string of the molecule is CS(=O)(=O)c1cccnc1Oc1cccc(O)c1N. The second-order valence-electron chi connectivity index (χ2n) is 3.87. The molecule has 0 unspecified atom stereocenters. The Morgan fingerprint density at radius 2 is 2.00 bits per heavy atom. The molecule has 3 N–H and O–H groups in total. The van der Waals surface area contributed by atoms with E-state index >= 15 is 0 Å². The summed E-state index contributed by atoms with van der Waals surface area (Å²) in [6.45, 7) is 0. The van der Waals surface area contributed by atoms with Crippen molar-refractivity contribution >= 4 is 15.5 Å². The lowest BCUT2D eigenvalue weighted by atomic mass is 10.3. The number of aromatic hydroxyl groups is 1. The highest BCUT2D eigenvalue weighted by Gasteiger charge is 2.17. The summed E-state index contributed by atoms with van der Waals surface area (Å²) in [7, 11) is -3.47. The van der Waals surface area contributed by atoms with E-state index < -0.39 is 9.84 Å². The number of para-hydroxylation sites is 1. The molecule has 0 saturated heterocycles. The second kappa shape index (κ2) is 4.77.